The number of likely N-dealkylation sites (tertiary alicyclic amines) is 1. The second-order valence-electron chi connectivity index (χ2n) is 9.86. The van der Waals surface area contributed by atoms with Crippen LogP contribution in [0, 0.1) is 5.92 Å². The largest absolute Gasteiger partial charge is 0.387 e. The SMILES string of the molecule is CC(C)(C)N1C(=O)[C@@]2([C@H](O)c3ccccc3)c3ccccc3C=C[C@H]2[C@@H]1c1ccccc1. The molecule has 1 N–H and O–H groups in total. The Bertz CT molecular complexity index is 1160. The average Bonchev–Trinajstić information content (AvgIpc) is 3.10. The number of hydrogen-bond donors (Lipinski definition) is 1. The van der Waals surface area contributed by atoms with Gasteiger partial charge in [0.25, 0.3) is 0 Å². The zero-order chi connectivity index (χ0) is 22.5. The molecule has 0 radical (unpaired) electrons. The fraction of sp³-hybridized carbons (Fsp3) is 0.276. The van der Waals surface area contributed by atoms with Gasteiger partial charge in [-0.05, 0) is 43.0 Å². The Balaban J connectivity index is 1.82. The summed E-state index contributed by atoms with van der Waals surface area (Å²) in [6.07, 6.45) is 3.30. The molecule has 1 saturated heterocycles. The molecule has 3 heteroatoms. The van der Waals surface area contributed by atoms with E-state index in [4.69, 9.17) is 0 Å². The summed E-state index contributed by atoms with van der Waals surface area (Å²) < 4.78 is 0. The summed E-state index contributed by atoms with van der Waals surface area (Å²) in [5.41, 5.74) is 2.24. The molecule has 3 nitrogen and oxygen atoms in total. The molecule has 32 heavy (non-hydrogen) atoms. The van der Waals surface area contributed by atoms with E-state index in [1.807, 2.05) is 77.7 Å². The van der Waals surface area contributed by atoms with E-state index in [0.717, 1.165) is 22.3 Å². The van der Waals surface area contributed by atoms with Gasteiger partial charge in [-0.3, -0.25) is 4.79 Å². The van der Waals surface area contributed by atoms with E-state index in [9.17, 15) is 9.90 Å². The number of aliphatic hydroxyl groups excluding tert-OH is 1. The molecule has 0 unspecified atom stereocenters. The third kappa shape index (κ3) is 2.88. The van der Waals surface area contributed by atoms with Crippen molar-refractivity contribution in [3.63, 3.8) is 0 Å². The molecular weight excluding hydrogens is 394 g/mol. The Morgan fingerprint density at radius 1 is 0.875 bits per heavy atom. The molecule has 0 bridgehead atoms. The lowest BCUT2D eigenvalue weighted by atomic mass is 9.61. The van der Waals surface area contributed by atoms with Crippen molar-refractivity contribution in [3.8, 4) is 0 Å². The molecule has 1 amide bonds. The number of hydrogen-bond acceptors (Lipinski definition) is 2. The van der Waals surface area contributed by atoms with Gasteiger partial charge in [-0.25, -0.2) is 0 Å². The van der Waals surface area contributed by atoms with E-state index >= 15 is 0 Å². The summed E-state index contributed by atoms with van der Waals surface area (Å²) in [7, 11) is 0. The van der Waals surface area contributed by atoms with Crippen LogP contribution < -0.4 is 0 Å². The molecule has 1 fully saturated rings. The van der Waals surface area contributed by atoms with Crippen molar-refractivity contribution in [1.82, 2.24) is 4.90 Å². The Labute approximate surface area is 190 Å². The minimum Gasteiger partial charge on any atom is -0.387 e. The molecule has 0 saturated carbocycles. The molecule has 0 spiro atoms. The summed E-state index contributed by atoms with van der Waals surface area (Å²) >= 11 is 0. The number of nitrogens with zero attached hydrogens (tertiary/aromatic N) is 1. The highest BCUT2D eigenvalue weighted by molar-refractivity contribution is 5.96. The summed E-state index contributed by atoms with van der Waals surface area (Å²) in [4.78, 5) is 16.6. The maximum atomic E-state index is 14.6. The highest BCUT2D eigenvalue weighted by Crippen LogP contribution is 2.60. The number of benzene rings is 3. The first-order chi connectivity index (χ1) is 15.4. The number of carbonyl (C=O) groups is 1. The molecule has 2 aliphatic rings. The maximum absolute atomic E-state index is 14.6. The summed E-state index contributed by atoms with van der Waals surface area (Å²) in [5, 5.41) is 12.0. The Hall–Kier alpha value is -3.17. The van der Waals surface area contributed by atoms with Crippen LogP contribution in [0.1, 0.15) is 55.2 Å². The van der Waals surface area contributed by atoms with Crippen LogP contribution in [0.4, 0.5) is 0 Å². The lowest BCUT2D eigenvalue weighted by Gasteiger charge is -2.40. The fourth-order valence-electron chi connectivity index (χ4n) is 5.73. The highest BCUT2D eigenvalue weighted by atomic mass is 16.3. The maximum Gasteiger partial charge on any atom is 0.237 e. The zero-order valence-corrected chi connectivity index (χ0v) is 18.8. The van der Waals surface area contributed by atoms with Gasteiger partial charge in [0, 0.05) is 11.5 Å². The smallest absolute Gasteiger partial charge is 0.237 e. The van der Waals surface area contributed by atoms with Crippen LogP contribution in [0.3, 0.4) is 0 Å². The van der Waals surface area contributed by atoms with Gasteiger partial charge in [0.05, 0.1) is 12.1 Å². The van der Waals surface area contributed by atoms with Crippen molar-refractivity contribution in [2.45, 2.75) is 43.9 Å². The molecule has 162 valence electrons. The third-order valence-electron chi connectivity index (χ3n) is 7.02. The summed E-state index contributed by atoms with van der Waals surface area (Å²) in [5.74, 6) is -0.223. The lowest BCUT2D eigenvalue weighted by molar-refractivity contribution is -0.141. The van der Waals surface area contributed by atoms with Crippen molar-refractivity contribution in [2.24, 2.45) is 5.92 Å². The number of carbonyl (C=O) groups excluding carboxylic acids is 1. The van der Waals surface area contributed by atoms with Gasteiger partial charge in [-0.1, -0.05) is 97.1 Å². The summed E-state index contributed by atoms with van der Waals surface area (Å²) in [6, 6.07) is 27.7. The molecule has 1 aliphatic carbocycles. The first-order valence-electron chi connectivity index (χ1n) is 11.3. The standard InChI is InChI=1S/C29H29NO2/c1-28(2,3)30-25(21-13-6-4-7-14-21)24-19-18-20-12-10-11-17-23(20)29(24,27(30)32)26(31)22-15-8-5-9-16-22/h4-19,24-26,31H,1-3H3/t24-,25-,26+,29-/m0/s1. The van der Waals surface area contributed by atoms with E-state index in [1.165, 1.54) is 0 Å². The second-order valence-corrected chi connectivity index (χ2v) is 9.86. The quantitative estimate of drug-likeness (QED) is 0.588. The van der Waals surface area contributed by atoms with Crippen molar-refractivity contribution in [2.75, 3.05) is 0 Å². The Morgan fingerprint density at radius 2 is 1.47 bits per heavy atom. The van der Waals surface area contributed by atoms with Gasteiger partial charge in [-0.15, -0.1) is 0 Å². The number of rotatable bonds is 3. The van der Waals surface area contributed by atoms with E-state index < -0.39 is 17.1 Å². The molecule has 1 aliphatic heterocycles. The first kappa shape index (κ1) is 20.7. The van der Waals surface area contributed by atoms with Gasteiger partial charge in [-0.2, -0.15) is 0 Å². The molecular formula is C29H29NO2. The lowest BCUT2D eigenvalue weighted by Crippen LogP contribution is -2.50. The molecule has 1 heterocycles. The van der Waals surface area contributed by atoms with Crippen molar-refractivity contribution >= 4 is 12.0 Å². The van der Waals surface area contributed by atoms with Crippen molar-refractivity contribution in [3.05, 3.63) is 113 Å². The van der Waals surface area contributed by atoms with Crippen LogP contribution in [-0.2, 0) is 10.2 Å². The van der Waals surface area contributed by atoms with Crippen LogP contribution in [0.25, 0.3) is 6.08 Å². The van der Waals surface area contributed by atoms with Crippen molar-refractivity contribution < 1.29 is 9.90 Å². The van der Waals surface area contributed by atoms with Gasteiger partial charge in [0.2, 0.25) is 5.91 Å². The molecule has 0 aromatic heterocycles. The zero-order valence-electron chi connectivity index (χ0n) is 18.8. The number of amides is 1. The van der Waals surface area contributed by atoms with Gasteiger partial charge in [0.15, 0.2) is 0 Å². The van der Waals surface area contributed by atoms with Gasteiger partial charge in [0.1, 0.15) is 5.41 Å². The summed E-state index contributed by atoms with van der Waals surface area (Å²) in [6.45, 7) is 6.24. The minimum absolute atomic E-state index is 0.0167. The van der Waals surface area contributed by atoms with Crippen molar-refractivity contribution in [1.29, 1.82) is 0 Å². The Morgan fingerprint density at radius 3 is 2.12 bits per heavy atom. The highest BCUT2D eigenvalue weighted by Gasteiger charge is 2.66. The van der Waals surface area contributed by atoms with E-state index in [1.54, 1.807) is 0 Å². The number of aliphatic hydroxyl groups is 1. The van der Waals surface area contributed by atoms with Gasteiger partial charge >= 0.3 is 0 Å². The molecule has 3 aromatic carbocycles. The normalized spacial score (nSPS) is 25.4. The fourth-order valence-corrected chi connectivity index (χ4v) is 5.73. The minimum atomic E-state index is -1.10. The van der Waals surface area contributed by atoms with Crippen LogP contribution >= 0.6 is 0 Å². The van der Waals surface area contributed by atoms with Gasteiger partial charge < -0.3 is 10.0 Å². The topological polar surface area (TPSA) is 40.5 Å². The monoisotopic (exact) mass is 423 g/mol. The van der Waals surface area contributed by atoms with E-state index in [-0.39, 0.29) is 17.9 Å². The van der Waals surface area contributed by atoms with E-state index in [0.29, 0.717) is 0 Å². The van der Waals surface area contributed by atoms with E-state index in [2.05, 4.69) is 45.1 Å². The third-order valence-corrected chi connectivity index (χ3v) is 7.02. The molecule has 3 aromatic rings. The van der Waals surface area contributed by atoms with Crippen LogP contribution in [0.2, 0.25) is 0 Å². The predicted molar refractivity (Wildman–Crippen MR) is 128 cm³/mol. The number of fused-ring (bicyclic) bond motifs is 3. The second kappa shape index (κ2) is 7.46. The van der Waals surface area contributed by atoms with Crippen LogP contribution in [0.5, 0.6) is 0 Å². The van der Waals surface area contributed by atoms with Crippen LogP contribution in [-0.4, -0.2) is 21.5 Å². The average molecular weight is 424 g/mol. The van der Waals surface area contributed by atoms with Crippen LogP contribution in [0.15, 0.2) is 91.0 Å². The Kier molecular flexibility index (Phi) is 4.83. The first-order valence-corrected chi connectivity index (χ1v) is 11.3. The molecule has 4 atom stereocenters. The molecule has 5 rings (SSSR count). The predicted octanol–water partition coefficient (Wildman–Crippen LogP) is 5.68.